The number of amides is 1. The fraction of sp³-hybridized carbons (Fsp3) is 0.650. The molecule has 1 aromatic carbocycles. The molecular formula is C20H29ClN2OS. The maximum Gasteiger partial charge on any atom is 0.224 e. The summed E-state index contributed by atoms with van der Waals surface area (Å²) in [5.41, 5.74) is 0.938. The van der Waals surface area contributed by atoms with Gasteiger partial charge in [0.15, 0.2) is 0 Å². The van der Waals surface area contributed by atoms with Gasteiger partial charge in [-0.25, -0.2) is 0 Å². The number of carbonyl (C=O) groups excluding carboxylic acids is 1. The highest BCUT2D eigenvalue weighted by atomic mass is 35.5. The Kier molecular flexibility index (Phi) is 6.70. The van der Waals surface area contributed by atoms with Crippen LogP contribution in [-0.4, -0.2) is 23.2 Å². The lowest BCUT2D eigenvalue weighted by Gasteiger charge is -2.28. The van der Waals surface area contributed by atoms with E-state index in [1.165, 1.54) is 56.3 Å². The molecule has 2 saturated heterocycles. The molecule has 138 valence electrons. The first kappa shape index (κ1) is 19.1. The van der Waals surface area contributed by atoms with Gasteiger partial charge in [-0.05, 0) is 68.7 Å². The fourth-order valence-corrected chi connectivity index (χ4v) is 5.88. The molecule has 1 amide bonds. The molecule has 0 radical (unpaired) electrons. The van der Waals surface area contributed by atoms with Crippen LogP contribution in [0.3, 0.4) is 0 Å². The van der Waals surface area contributed by atoms with Crippen molar-refractivity contribution in [2.45, 2.75) is 80.0 Å². The van der Waals surface area contributed by atoms with E-state index in [0.717, 1.165) is 10.9 Å². The van der Waals surface area contributed by atoms with E-state index in [4.69, 9.17) is 0 Å². The molecule has 1 aliphatic carbocycles. The zero-order valence-electron chi connectivity index (χ0n) is 14.7. The van der Waals surface area contributed by atoms with Gasteiger partial charge in [-0.2, -0.15) is 0 Å². The van der Waals surface area contributed by atoms with Crippen molar-refractivity contribution in [3.63, 3.8) is 0 Å². The van der Waals surface area contributed by atoms with Gasteiger partial charge in [-0.3, -0.25) is 4.79 Å². The summed E-state index contributed by atoms with van der Waals surface area (Å²) in [6.45, 7) is 0. The lowest BCUT2D eigenvalue weighted by molar-refractivity contribution is -0.117. The summed E-state index contributed by atoms with van der Waals surface area (Å²) in [4.78, 5) is 13.7. The van der Waals surface area contributed by atoms with Gasteiger partial charge in [0.2, 0.25) is 5.91 Å². The van der Waals surface area contributed by atoms with Gasteiger partial charge in [0, 0.05) is 34.3 Å². The van der Waals surface area contributed by atoms with E-state index >= 15 is 0 Å². The second-order valence-corrected chi connectivity index (χ2v) is 9.15. The molecule has 2 N–H and O–H groups in total. The van der Waals surface area contributed by atoms with Crippen LogP contribution in [0.4, 0.5) is 5.69 Å². The maximum atomic E-state index is 12.3. The second-order valence-electron chi connectivity index (χ2n) is 7.78. The summed E-state index contributed by atoms with van der Waals surface area (Å²) in [6.07, 6.45) is 11.1. The molecule has 2 heterocycles. The number of benzene rings is 1. The molecule has 2 aliphatic heterocycles. The predicted molar refractivity (Wildman–Crippen MR) is 108 cm³/mol. The summed E-state index contributed by atoms with van der Waals surface area (Å²) in [6, 6.07) is 9.75. The van der Waals surface area contributed by atoms with Crippen LogP contribution in [0, 0.1) is 5.92 Å². The van der Waals surface area contributed by atoms with E-state index in [9.17, 15) is 4.79 Å². The molecule has 0 spiro atoms. The first-order chi connectivity index (χ1) is 11.7. The van der Waals surface area contributed by atoms with Crippen molar-refractivity contribution in [2.24, 2.45) is 5.92 Å². The first-order valence-electron chi connectivity index (χ1n) is 9.57. The molecule has 0 aromatic heterocycles. The Hall–Kier alpha value is -0.710. The molecule has 25 heavy (non-hydrogen) atoms. The zero-order valence-corrected chi connectivity index (χ0v) is 16.3. The summed E-state index contributed by atoms with van der Waals surface area (Å²) in [7, 11) is 0. The number of rotatable bonds is 5. The first-order valence-corrected chi connectivity index (χ1v) is 10.5. The van der Waals surface area contributed by atoms with Crippen LogP contribution in [0.5, 0.6) is 0 Å². The minimum absolute atomic E-state index is 0. The van der Waals surface area contributed by atoms with Crippen molar-refractivity contribution in [1.82, 2.24) is 5.32 Å². The average Bonchev–Trinajstić information content (AvgIpc) is 3.19. The van der Waals surface area contributed by atoms with Crippen LogP contribution >= 0.6 is 24.2 Å². The van der Waals surface area contributed by atoms with Crippen LogP contribution in [-0.2, 0) is 4.79 Å². The van der Waals surface area contributed by atoms with Crippen LogP contribution in [0.25, 0.3) is 0 Å². The third-order valence-corrected chi connectivity index (χ3v) is 7.14. The lowest BCUT2D eigenvalue weighted by atomic mass is 9.89. The van der Waals surface area contributed by atoms with Gasteiger partial charge >= 0.3 is 0 Å². The Labute approximate surface area is 161 Å². The number of fused-ring (bicyclic) bond motifs is 2. The number of anilines is 1. The molecule has 3 fully saturated rings. The highest BCUT2D eigenvalue weighted by Gasteiger charge is 2.34. The molecule has 4 rings (SSSR count). The molecule has 3 nitrogen and oxygen atoms in total. The van der Waals surface area contributed by atoms with E-state index in [2.05, 4.69) is 34.9 Å². The predicted octanol–water partition coefficient (Wildman–Crippen LogP) is 5.00. The standard InChI is InChI=1S/C20H28N2OS.ClH/c23-20(13-14-11-16-5-6-17(12-14)21-16)22-15-7-9-19(10-8-15)24-18-3-1-2-4-18;/h7-10,14,16-18,21H,1-6,11-13H2,(H,22,23);1H. The number of piperidine rings is 1. The van der Waals surface area contributed by atoms with Crippen molar-refractivity contribution < 1.29 is 4.79 Å². The fourth-order valence-electron chi connectivity index (χ4n) is 4.63. The minimum atomic E-state index is 0. The summed E-state index contributed by atoms with van der Waals surface area (Å²) >= 11 is 2.00. The monoisotopic (exact) mass is 380 g/mol. The Bertz CT molecular complexity index is 562. The van der Waals surface area contributed by atoms with E-state index in [-0.39, 0.29) is 18.3 Å². The molecule has 1 saturated carbocycles. The Morgan fingerprint density at radius 3 is 2.32 bits per heavy atom. The van der Waals surface area contributed by atoms with Crippen LogP contribution in [0.15, 0.2) is 29.2 Å². The lowest BCUT2D eigenvalue weighted by Crippen LogP contribution is -2.39. The Morgan fingerprint density at radius 1 is 1.04 bits per heavy atom. The molecule has 2 unspecified atom stereocenters. The molecule has 1 aromatic rings. The maximum absolute atomic E-state index is 12.3. The van der Waals surface area contributed by atoms with Crippen molar-refractivity contribution >= 4 is 35.8 Å². The van der Waals surface area contributed by atoms with E-state index in [1.807, 2.05) is 11.8 Å². The SMILES string of the molecule is Cl.O=C(CC1CC2CCC(C1)N2)Nc1ccc(SC2CCCC2)cc1. The third kappa shape index (κ3) is 5.15. The molecule has 2 atom stereocenters. The van der Waals surface area contributed by atoms with Crippen molar-refractivity contribution in [3.05, 3.63) is 24.3 Å². The van der Waals surface area contributed by atoms with Crippen LogP contribution in [0.2, 0.25) is 0 Å². The number of nitrogens with one attached hydrogen (secondary N) is 2. The second kappa shape index (κ2) is 8.79. The van der Waals surface area contributed by atoms with Crippen LogP contribution < -0.4 is 10.6 Å². The normalized spacial score (nSPS) is 28.6. The van der Waals surface area contributed by atoms with Crippen molar-refractivity contribution in [1.29, 1.82) is 0 Å². The Balaban J connectivity index is 0.00000182. The number of hydrogen-bond acceptors (Lipinski definition) is 3. The van der Waals surface area contributed by atoms with Crippen molar-refractivity contribution in [3.8, 4) is 0 Å². The average molecular weight is 381 g/mol. The summed E-state index contributed by atoms with van der Waals surface area (Å²) in [5.74, 6) is 0.735. The highest BCUT2D eigenvalue weighted by Crippen LogP contribution is 2.35. The third-order valence-electron chi connectivity index (χ3n) is 5.79. The minimum Gasteiger partial charge on any atom is -0.326 e. The number of halogens is 1. The number of hydrogen-bond donors (Lipinski definition) is 2. The van der Waals surface area contributed by atoms with E-state index in [1.54, 1.807) is 0 Å². The van der Waals surface area contributed by atoms with Crippen molar-refractivity contribution in [2.75, 3.05) is 5.32 Å². The topological polar surface area (TPSA) is 41.1 Å². The van der Waals surface area contributed by atoms with Gasteiger partial charge in [0.1, 0.15) is 0 Å². The molecular weight excluding hydrogens is 352 g/mol. The van der Waals surface area contributed by atoms with Crippen LogP contribution in [0.1, 0.15) is 57.8 Å². The molecule has 5 heteroatoms. The van der Waals surface area contributed by atoms with E-state index in [0.29, 0.717) is 24.4 Å². The van der Waals surface area contributed by atoms with Gasteiger partial charge in [0.25, 0.3) is 0 Å². The number of thioether (sulfide) groups is 1. The summed E-state index contributed by atoms with van der Waals surface area (Å²) < 4.78 is 0. The number of carbonyl (C=O) groups is 1. The van der Waals surface area contributed by atoms with Gasteiger partial charge in [-0.15, -0.1) is 24.2 Å². The molecule has 3 aliphatic rings. The zero-order chi connectivity index (χ0) is 16.4. The quantitative estimate of drug-likeness (QED) is 0.754. The van der Waals surface area contributed by atoms with Gasteiger partial charge in [0.05, 0.1) is 0 Å². The molecule has 2 bridgehead atoms. The summed E-state index contributed by atoms with van der Waals surface area (Å²) in [5, 5.41) is 7.53. The van der Waals surface area contributed by atoms with Gasteiger partial charge < -0.3 is 10.6 Å². The smallest absolute Gasteiger partial charge is 0.224 e. The van der Waals surface area contributed by atoms with Gasteiger partial charge in [-0.1, -0.05) is 12.8 Å². The van der Waals surface area contributed by atoms with E-state index < -0.39 is 0 Å². The largest absolute Gasteiger partial charge is 0.326 e. The highest BCUT2D eigenvalue weighted by molar-refractivity contribution is 8.00. The Morgan fingerprint density at radius 2 is 1.68 bits per heavy atom.